The molecule has 1 heterocycles. The van der Waals surface area contributed by atoms with Gasteiger partial charge in [0, 0.05) is 5.92 Å². The highest BCUT2D eigenvalue weighted by molar-refractivity contribution is 7.09. The Morgan fingerprint density at radius 2 is 1.78 bits per heavy atom. The highest BCUT2D eigenvalue weighted by atomic mass is 32.1. The van der Waals surface area contributed by atoms with Crippen molar-refractivity contribution in [2.75, 3.05) is 0 Å². The van der Waals surface area contributed by atoms with Crippen molar-refractivity contribution in [3.63, 3.8) is 0 Å². The molecule has 0 saturated heterocycles. The van der Waals surface area contributed by atoms with E-state index in [1.54, 1.807) is 6.07 Å². The van der Waals surface area contributed by atoms with E-state index >= 15 is 0 Å². The number of fused-ring (bicyclic) bond motifs is 1. The number of hydrogen-bond acceptors (Lipinski definition) is 4. The third-order valence-electron chi connectivity index (χ3n) is 5.24. The van der Waals surface area contributed by atoms with Crippen molar-refractivity contribution in [2.45, 2.75) is 37.5 Å². The lowest BCUT2D eigenvalue weighted by Gasteiger charge is -2.25. The zero-order valence-electron chi connectivity index (χ0n) is 16.1. The van der Waals surface area contributed by atoms with Gasteiger partial charge < -0.3 is 9.84 Å². The zero-order chi connectivity index (χ0) is 23.3. The Hall–Kier alpha value is -2.95. The number of benzene rings is 2. The van der Waals surface area contributed by atoms with Gasteiger partial charge >= 0.3 is 17.2 Å². The Morgan fingerprint density at radius 3 is 2.41 bits per heavy atom. The van der Waals surface area contributed by atoms with Crippen LogP contribution in [0.3, 0.4) is 0 Å². The van der Waals surface area contributed by atoms with Crippen molar-refractivity contribution in [3.05, 3.63) is 73.2 Å². The van der Waals surface area contributed by atoms with E-state index in [1.807, 2.05) is 0 Å². The average Bonchev–Trinajstić information content (AvgIpc) is 3.03. The fourth-order valence-corrected chi connectivity index (χ4v) is 4.72. The number of hydrogen-bond donors (Lipinski definition) is 2. The number of aryl methyl sites for hydroxylation is 1. The quantitative estimate of drug-likeness (QED) is 0.429. The van der Waals surface area contributed by atoms with Gasteiger partial charge in [0.2, 0.25) is 5.88 Å². The molecule has 1 atom stereocenters. The minimum absolute atomic E-state index is 0.0281. The van der Waals surface area contributed by atoms with Crippen molar-refractivity contribution >= 4 is 11.3 Å². The fraction of sp³-hybridized carbons (Fsp3) is 0.286. The summed E-state index contributed by atoms with van der Waals surface area (Å²) in [7, 11) is 0. The normalized spacial score (nSPS) is 16.6. The summed E-state index contributed by atoms with van der Waals surface area (Å²) in [5, 5.41) is 9.99. The molecule has 1 aliphatic rings. The van der Waals surface area contributed by atoms with Gasteiger partial charge in [-0.15, -0.1) is 0 Å². The predicted molar refractivity (Wildman–Crippen MR) is 104 cm³/mol. The van der Waals surface area contributed by atoms with E-state index in [4.69, 9.17) is 4.74 Å². The first-order valence-electron chi connectivity index (χ1n) is 9.44. The molecule has 3 aromatic rings. The van der Waals surface area contributed by atoms with Crippen molar-refractivity contribution in [2.24, 2.45) is 0 Å². The van der Waals surface area contributed by atoms with Gasteiger partial charge in [-0.2, -0.15) is 26.3 Å². The first kappa shape index (κ1) is 22.3. The van der Waals surface area contributed by atoms with Crippen LogP contribution < -0.4 is 9.61 Å². The maximum atomic E-state index is 13.4. The van der Waals surface area contributed by atoms with Crippen LogP contribution in [0.5, 0.6) is 17.4 Å². The molecule has 0 spiro atoms. The van der Waals surface area contributed by atoms with E-state index in [9.17, 15) is 36.2 Å². The first-order chi connectivity index (χ1) is 14.9. The summed E-state index contributed by atoms with van der Waals surface area (Å²) in [6.07, 6.45) is -7.98. The lowest BCUT2D eigenvalue weighted by atomic mass is 9.82. The number of thiazole rings is 1. The van der Waals surface area contributed by atoms with Crippen LogP contribution in [-0.4, -0.2) is 10.1 Å². The molecule has 1 aliphatic carbocycles. The Morgan fingerprint density at radius 1 is 1.03 bits per heavy atom. The third-order valence-corrected chi connectivity index (χ3v) is 6.23. The number of aromatic amines is 1. The molecule has 4 rings (SSSR count). The summed E-state index contributed by atoms with van der Waals surface area (Å²) >= 11 is 0.890. The highest BCUT2D eigenvalue weighted by Gasteiger charge is 2.39. The van der Waals surface area contributed by atoms with Crippen LogP contribution in [0, 0.1) is 0 Å². The van der Waals surface area contributed by atoms with Gasteiger partial charge in [0.05, 0.1) is 16.0 Å². The predicted octanol–water partition coefficient (Wildman–Crippen LogP) is 6.44. The van der Waals surface area contributed by atoms with E-state index < -0.39 is 34.1 Å². The number of alkyl halides is 6. The van der Waals surface area contributed by atoms with Gasteiger partial charge in [0.1, 0.15) is 11.5 Å². The molecule has 2 N–H and O–H groups in total. The van der Waals surface area contributed by atoms with E-state index in [-0.39, 0.29) is 23.6 Å². The SMILES string of the molecule is O=c1[nH]c(O)c([C@@H]2CCCc3cc(Oc4ccc(C(F)(F)F)cc4C(F)(F)F)ccc32)s1. The topological polar surface area (TPSA) is 62.3 Å². The number of halogens is 6. The van der Waals surface area contributed by atoms with Crippen molar-refractivity contribution in [3.8, 4) is 17.4 Å². The standard InChI is InChI=1S/C21H15F6NO3S/c22-20(23,24)11-4-7-16(15(9-11)21(25,26)27)31-12-5-6-13-10(8-12)2-1-3-14(13)17-18(29)28-19(30)32-17/h4-9,14,29H,1-3H2,(H,28,30)/t14-/m1/s1. The van der Waals surface area contributed by atoms with E-state index in [0.29, 0.717) is 36.3 Å². The molecule has 4 nitrogen and oxygen atoms in total. The van der Waals surface area contributed by atoms with Crippen molar-refractivity contribution in [1.29, 1.82) is 0 Å². The average molecular weight is 475 g/mol. The van der Waals surface area contributed by atoms with Gasteiger partial charge in [-0.3, -0.25) is 9.78 Å². The van der Waals surface area contributed by atoms with Gasteiger partial charge in [-0.1, -0.05) is 17.4 Å². The molecule has 0 amide bonds. The second kappa shape index (κ2) is 7.88. The van der Waals surface area contributed by atoms with Crippen LogP contribution in [0.4, 0.5) is 26.3 Å². The molecule has 0 radical (unpaired) electrons. The summed E-state index contributed by atoms with van der Waals surface area (Å²) < 4.78 is 84.1. The minimum atomic E-state index is -5.04. The molecule has 0 fully saturated rings. The summed E-state index contributed by atoms with van der Waals surface area (Å²) in [5.41, 5.74) is -1.38. The van der Waals surface area contributed by atoms with E-state index in [1.165, 1.54) is 12.1 Å². The summed E-state index contributed by atoms with van der Waals surface area (Å²) in [4.78, 5) is 13.9. The fourth-order valence-electron chi connectivity index (χ4n) is 3.84. The van der Waals surface area contributed by atoms with Crippen LogP contribution in [0.2, 0.25) is 0 Å². The second-order valence-electron chi connectivity index (χ2n) is 7.34. The van der Waals surface area contributed by atoms with Gasteiger partial charge in [0.25, 0.3) is 0 Å². The molecular weight excluding hydrogens is 460 g/mol. The van der Waals surface area contributed by atoms with Gasteiger partial charge in [-0.25, -0.2) is 0 Å². The van der Waals surface area contributed by atoms with E-state index in [0.717, 1.165) is 22.5 Å². The molecule has 1 aromatic heterocycles. The number of ether oxygens (including phenoxy) is 1. The van der Waals surface area contributed by atoms with Crippen LogP contribution >= 0.6 is 11.3 Å². The molecule has 2 aromatic carbocycles. The summed E-state index contributed by atoms with van der Waals surface area (Å²) in [6.45, 7) is 0. The highest BCUT2D eigenvalue weighted by Crippen LogP contribution is 2.44. The molecule has 0 saturated carbocycles. The number of aromatic nitrogens is 1. The molecule has 11 heteroatoms. The molecule has 0 bridgehead atoms. The minimum Gasteiger partial charge on any atom is -0.494 e. The molecular formula is C21H15F6NO3S. The Labute approximate surface area is 181 Å². The van der Waals surface area contributed by atoms with Crippen molar-refractivity contribution in [1.82, 2.24) is 4.98 Å². The lowest BCUT2D eigenvalue weighted by Crippen LogP contribution is -2.12. The smallest absolute Gasteiger partial charge is 0.420 e. The molecule has 170 valence electrons. The summed E-state index contributed by atoms with van der Waals surface area (Å²) in [5.74, 6) is -1.16. The second-order valence-corrected chi connectivity index (χ2v) is 8.36. The van der Waals surface area contributed by atoms with Gasteiger partial charge in [-0.05, 0) is 60.7 Å². The van der Waals surface area contributed by atoms with Crippen LogP contribution in [-0.2, 0) is 18.8 Å². The van der Waals surface area contributed by atoms with Crippen LogP contribution in [0.15, 0.2) is 41.2 Å². The van der Waals surface area contributed by atoms with E-state index in [2.05, 4.69) is 4.98 Å². The van der Waals surface area contributed by atoms with Crippen LogP contribution in [0.1, 0.15) is 45.9 Å². The first-order valence-corrected chi connectivity index (χ1v) is 10.3. The molecule has 0 unspecified atom stereocenters. The summed E-state index contributed by atoms with van der Waals surface area (Å²) in [6, 6.07) is 5.81. The molecule has 0 aliphatic heterocycles. The maximum absolute atomic E-state index is 13.4. The Balaban J connectivity index is 1.68. The number of rotatable bonds is 3. The maximum Gasteiger partial charge on any atom is 0.420 e. The Bertz CT molecular complexity index is 1210. The Kier molecular flexibility index (Phi) is 5.48. The third kappa shape index (κ3) is 4.34. The largest absolute Gasteiger partial charge is 0.494 e. The van der Waals surface area contributed by atoms with Crippen LogP contribution in [0.25, 0.3) is 0 Å². The van der Waals surface area contributed by atoms with Gasteiger partial charge in [0.15, 0.2) is 0 Å². The molecule has 32 heavy (non-hydrogen) atoms. The number of nitrogens with one attached hydrogen (secondary N) is 1. The zero-order valence-corrected chi connectivity index (χ0v) is 16.9. The number of H-pyrrole nitrogens is 1. The monoisotopic (exact) mass is 475 g/mol. The van der Waals surface area contributed by atoms with Crippen molar-refractivity contribution < 1.29 is 36.2 Å². The lowest BCUT2D eigenvalue weighted by molar-refractivity contribution is -0.143. The number of aromatic hydroxyl groups is 1.